The van der Waals surface area contributed by atoms with Crippen molar-refractivity contribution in [1.29, 1.82) is 0 Å². The first-order chi connectivity index (χ1) is 9.61. The van der Waals surface area contributed by atoms with Crippen molar-refractivity contribution in [3.05, 3.63) is 29.6 Å². The molecule has 3 rings (SSSR count). The number of benzene rings is 1. The van der Waals surface area contributed by atoms with Crippen molar-refractivity contribution < 1.29 is 9.90 Å². The lowest BCUT2D eigenvalue weighted by Crippen LogP contribution is -2.19. The molecule has 0 amide bonds. The van der Waals surface area contributed by atoms with E-state index >= 15 is 0 Å². The van der Waals surface area contributed by atoms with Crippen molar-refractivity contribution in [1.82, 2.24) is 9.55 Å². The van der Waals surface area contributed by atoms with E-state index in [1.54, 1.807) is 12.1 Å². The van der Waals surface area contributed by atoms with E-state index in [4.69, 9.17) is 10.1 Å². The van der Waals surface area contributed by atoms with Gasteiger partial charge in [-0.05, 0) is 30.0 Å². The Bertz CT molecular complexity index is 735. The van der Waals surface area contributed by atoms with Crippen LogP contribution in [0.25, 0.3) is 11.0 Å². The van der Waals surface area contributed by atoms with Gasteiger partial charge in [-0.15, -0.1) is 0 Å². The molecule has 0 aliphatic heterocycles. The van der Waals surface area contributed by atoms with Crippen molar-refractivity contribution in [2.45, 2.75) is 52.5 Å². The second-order valence-corrected chi connectivity index (χ2v) is 7.77. The Morgan fingerprint density at radius 1 is 1.38 bits per heavy atom. The summed E-state index contributed by atoms with van der Waals surface area (Å²) >= 11 is 0. The molecular weight excluding hydrogens is 264 g/mol. The van der Waals surface area contributed by atoms with Gasteiger partial charge in [-0.1, -0.05) is 34.6 Å². The molecule has 1 saturated carbocycles. The number of hydrogen-bond acceptors (Lipinski definition) is 2. The molecule has 21 heavy (non-hydrogen) atoms. The minimum atomic E-state index is -0.907. The molecule has 112 valence electrons. The molecule has 0 spiro atoms. The number of imidazole rings is 1. The summed E-state index contributed by atoms with van der Waals surface area (Å²) in [5.41, 5.74) is 2.34. The van der Waals surface area contributed by atoms with Crippen LogP contribution in [0, 0.1) is 5.41 Å². The molecule has 1 atom stereocenters. The van der Waals surface area contributed by atoms with Crippen LogP contribution >= 0.6 is 0 Å². The van der Waals surface area contributed by atoms with Gasteiger partial charge < -0.3 is 9.67 Å². The van der Waals surface area contributed by atoms with Crippen molar-refractivity contribution in [2.24, 2.45) is 5.41 Å². The van der Waals surface area contributed by atoms with Gasteiger partial charge in [0.25, 0.3) is 0 Å². The first-order valence-corrected chi connectivity index (χ1v) is 7.37. The smallest absolute Gasteiger partial charge is 0.335 e. The highest BCUT2D eigenvalue weighted by Gasteiger charge is 2.49. The molecule has 0 saturated heterocycles. The third kappa shape index (κ3) is 2.23. The van der Waals surface area contributed by atoms with Crippen LogP contribution in [0.5, 0.6) is 0 Å². The second kappa shape index (κ2) is 4.09. The molecule has 1 heterocycles. The molecule has 1 N–H and O–H groups in total. The highest BCUT2D eigenvalue weighted by atomic mass is 16.4. The van der Waals surface area contributed by atoms with Crippen molar-refractivity contribution in [3.63, 3.8) is 0 Å². The van der Waals surface area contributed by atoms with Gasteiger partial charge in [-0.3, -0.25) is 0 Å². The quantitative estimate of drug-likeness (QED) is 0.907. The van der Waals surface area contributed by atoms with Crippen LogP contribution in [0.15, 0.2) is 18.2 Å². The van der Waals surface area contributed by atoms with Gasteiger partial charge in [0.15, 0.2) is 0 Å². The van der Waals surface area contributed by atoms with Gasteiger partial charge in [0.05, 0.1) is 16.6 Å². The number of aromatic carboxylic acids is 1. The summed E-state index contributed by atoms with van der Waals surface area (Å²) in [5, 5.41) is 9.15. The fraction of sp³-hybridized carbons (Fsp3) is 0.529. The Kier molecular flexibility index (Phi) is 2.75. The lowest BCUT2D eigenvalue weighted by Gasteiger charge is -2.21. The van der Waals surface area contributed by atoms with Crippen LogP contribution < -0.4 is 0 Å². The predicted molar refractivity (Wildman–Crippen MR) is 82.8 cm³/mol. The summed E-state index contributed by atoms with van der Waals surface area (Å²) in [6.45, 7) is 11.0. The Morgan fingerprint density at radius 3 is 2.48 bits per heavy atom. The van der Waals surface area contributed by atoms with Crippen LogP contribution in [0.2, 0.25) is 0 Å². The summed E-state index contributed by atoms with van der Waals surface area (Å²) in [4.78, 5) is 15.9. The van der Waals surface area contributed by atoms with E-state index in [1.807, 2.05) is 6.07 Å². The van der Waals surface area contributed by atoms with Crippen molar-refractivity contribution in [2.75, 3.05) is 0 Å². The monoisotopic (exact) mass is 286 g/mol. The average Bonchev–Trinajstić information content (AvgIpc) is 2.83. The molecule has 0 radical (unpaired) electrons. The largest absolute Gasteiger partial charge is 0.478 e. The van der Waals surface area contributed by atoms with E-state index in [-0.39, 0.29) is 5.41 Å². The molecule has 4 heteroatoms. The van der Waals surface area contributed by atoms with E-state index in [1.165, 1.54) is 0 Å². The highest BCUT2D eigenvalue weighted by Crippen LogP contribution is 2.57. The number of carboxylic acids is 1. The van der Waals surface area contributed by atoms with Gasteiger partial charge >= 0.3 is 5.97 Å². The second-order valence-electron chi connectivity index (χ2n) is 7.77. The number of aromatic nitrogens is 2. The fourth-order valence-corrected chi connectivity index (χ4v) is 2.96. The lowest BCUT2D eigenvalue weighted by molar-refractivity contribution is 0.0697. The van der Waals surface area contributed by atoms with Gasteiger partial charge in [0.1, 0.15) is 5.82 Å². The standard InChI is InChI=1S/C17H22N2O2/c1-16(2,3)15-18-11-8-10(14(20)21)6-7-12(11)19(15)13-9-17(13,4)5/h6-8,13H,9H2,1-5H3,(H,20,21). The summed E-state index contributed by atoms with van der Waals surface area (Å²) in [7, 11) is 0. The molecule has 1 aromatic heterocycles. The average molecular weight is 286 g/mol. The van der Waals surface area contributed by atoms with Gasteiger partial charge in [0.2, 0.25) is 0 Å². The lowest BCUT2D eigenvalue weighted by atomic mass is 9.95. The molecule has 1 aliphatic rings. The summed E-state index contributed by atoms with van der Waals surface area (Å²) in [6.07, 6.45) is 1.14. The van der Waals surface area contributed by atoms with Crippen LogP contribution in [-0.2, 0) is 5.41 Å². The topological polar surface area (TPSA) is 55.1 Å². The third-order valence-electron chi connectivity index (χ3n) is 4.38. The van der Waals surface area contributed by atoms with E-state index < -0.39 is 5.97 Å². The van der Waals surface area contributed by atoms with Gasteiger partial charge in [-0.25, -0.2) is 9.78 Å². The number of nitrogens with zero attached hydrogens (tertiary/aromatic N) is 2. The number of carboxylic acid groups (broad SMARTS) is 1. The van der Waals surface area contributed by atoms with Gasteiger partial charge in [0, 0.05) is 11.5 Å². The van der Waals surface area contributed by atoms with Crippen LogP contribution in [-0.4, -0.2) is 20.6 Å². The normalized spacial score (nSPS) is 20.7. The maximum Gasteiger partial charge on any atom is 0.335 e. The molecular formula is C17H22N2O2. The molecule has 1 unspecified atom stereocenters. The summed E-state index contributed by atoms with van der Waals surface area (Å²) in [6, 6.07) is 5.70. The van der Waals surface area contributed by atoms with E-state index in [2.05, 4.69) is 39.2 Å². The Morgan fingerprint density at radius 2 is 2.00 bits per heavy atom. The summed E-state index contributed by atoms with van der Waals surface area (Å²) < 4.78 is 2.32. The zero-order valence-electron chi connectivity index (χ0n) is 13.3. The highest BCUT2D eigenvalue weighted by molar-refractivity contribution is 5.92. The van der Waals surface area contributed by atoms with Crippen molar-refractivity contribution >= 4 is 17.0 Å². The molecule has 1 fully saturated rings. The molecule has 0 bridgehead atoms. The zero-order valence-corrected chi connectivity index (χ0v) is 13.3. The van der Waals surface area contributed by atoms with E-state index in [9.17, 15) is 4.79 Å². The predicted octanol–water partition coefficient (Wildman–Crippen LogP) is 4.00. The maximum absolute atomic E-state index is 11.1. The van der Waals surface area contributed by atoms with Crippen molar-refractivity contribution in [3.8, 4) is 0 Å². The molecule has 1 aromatic carbocycles. The van der Waals surface area contributed by atoms with E-state index in [0.717, 1.165) is 23.3 Å². The number of hydrogen-bond donors (Lipinski definition) is 1. The molecule has 2 aromatic rings. The molecule has 4 nitrogen and oxygen atoms in total. The van der Waals surface area contributed by atoms with E-state index in [0.29, 0.717) is 17.0 Å². The van der Waals surface area contributed by atoms with Crippen LogP contribution in [0.1, 0.15) is 63.3 Å². The Balaban J connectivity index is 2.25. The number of rotatable bonds is 2. The SMILES string of the molecule is CC(C)(C)c1nc2cc(C(=O)O)ccc2n1C1CC1(C)C. The number of carbonyl (C=O) groups is 1. The first kappa shape index (κ1) is 14.1. The zero-order chi connectivity index (χ0) is 15.6. The summed E-state index contributed by atoms with van der Waals surface area (Å²) in [5.74, 6) is 0.131. The minimum absolute atomic E-state index is 0.0684. The Labute approximate surface area is 124 Å². The van der Waals surface area contributed by atoms with Gasteiger partial charge in [-0.2, -0.15) is 0 Å². The van der Waals surface area contributed by atoms with Crippen LogP contribution in [0.4, 0.5) is 0 Å². The fourth-order valence-electron chi connectivity index (χ4n) is 2.96. The minimum Gasteiger partial charge on any atom is -0.478 e. The number of fused-ring (bicyclic) bond motifs is 1. The molecule has 1 aliphatic carbocycles. The Hall–Kier alpha value is -1.84. The third-order valence-corrected chi connectivity index (χ3v) is 4.38. The maximum atomic E-state index is 11.1. The first-order valence-electron chi connectivity index (χ1n) is 7.37. The van der Waals surface area contributed by atoms with Crippen LogP contribution in [0.3, 0.4) is 0 Å².